The molecule has 1 heterocycles. The molecule has 0 aromatic heterocycles. The number of carboxylic acids is 1. The van der Waals surface area contributed by atoms with Crippen molar-refractivity contribution < 1.29 is 24.2 Å². The molecule has 7 heteroatoms. The Kier molecular flexibility index (Phi) is 8.32. The topological polar surface area (TPSA) is 95.9 Å². The Hall–Kier alpha value is -1.79. The Morgan fingerprint density at radius 2 is 1.95 bits per heavy atom. The van der Waals surface area contributed by atoms with E-state index in [2.05, 4.69) is 5.32 Å². The van der Waals surface area contributed by atoms with Gasteiger partial charge in [-0.3, -0.25) is 9.59 Å². The van der Waals surface area contributed by atoms with Gasteiger partial charge >= 0.3 is 18.0 Å². The van der Waals surface area contributed by atoms with Crippen molar-refractivity contribution >= 4 is 18.0 Å². The van der Waals surface area contributed by atoms with Crippen LogP contribution in [0.25, 0.3) is 0 Å². The molecular formula is C15H26N2O5. The van der Waals surface area contributed by atoms with Crippen LogP contribution >= 0.6 is 0 Å². The van der Waals surface area contributed by atoms with E-state index in [-0.39, 0.29) is 12.0 Å². The van der Waals surface area contributed by atoms with Crippen LogP contribution in [0.15, 0.2) is 0 Å². The van der Waals surface area contributed by atoms with Crippen LogP contribution in [0.5, 0.6) is 0 Å². The summed E-state index contributed by atoms with van der Waals surface area (Å²) in [5.41, 5.74) is 0. The SMILES string of the molecule is CCOC(=O)CCCCCCNC(=O)N1CCC(C(=O)O)C1. The molecule has 0 aromatic rings. The molecule has 0 radical (unpaired) electrons. The molecule has 22 heavy (non-hydrogen) atoms. The monoisotopic (exact) mass is 314 g/mol. The van der Waals surface area contributed by atoms with E-state index in [1.807, 2.05) is 0 Å². The van der Waals surface area contributed by atoms with E-state index in [9.17, 15) is 14.4 Å². The molecule has 7 nitrogen and oxygen atoms in total. The minimum atomic E-state index is -0.836. The fourth-order valence-electron chi connectivity index (χ4n) is 2.43. The second-order valence-electron chi connectivity index (χ2n) is 5.47. The number of urea groups is 1. The molecule has 0 spiro atoms. The van der Waals surface area contributed by atoms with Gasteiger partial charge in [0.25, 0.3) is 0 Å². The molecule has 1 fully saturated rings. The summed E-state index contributed by atoms with van der Waals surface area (Å²) in [7, 11) is 0. The van der Waals surface area contributed by atoms with E-state index in [0.717, 1.165) is 25.7 Å². The van der Waals surface area contributed by atoms with Gasteiger partial charge in [0.1, 0.15) is 0 Å². The van der Waals surface area contributed by atoms with Crippen molar-refractivity contribution in [3.8, 4) is 0 Å². The Morgan fingerprint density at radius 3 is 2.59 bits per heavy atom. The van der Waals surface area contributed by atoms with Gasteiger partial charge in [-0.25, -0.2) is 4.79 Å². The lowest BCUT2D eigenvalue weighted by molar-refractivity contribution is -0.143. The van der Waals surface area contributed by atoms with E-state index in [1.54, 1.807) is 11.8 Å². The lowest BCUT2D eigenvalue weighted by Crippen LogP contribution is -2.39. The summed E-state index contributed by atoms with van der Waals surface area (Å²) in [6.45, 7) is 3.58. The van der Waals surface area contributed by atoms with Gasteiger partial charge in [-0.2, -0.15) is 0 Å². The highest BCUT2D eigenvalue weighted by Gasteiger charge is 2.30. The third-order valence-corrected chi connectivity index (χ3v) is 3.71. The van der Waals surface area contributed by atoms with Crippen molar-refractivity contribution in [2.75, 3.05) is 26.2 Å². The zero-order chi connectivity index (χ0) is 16.4. The van der Waals surface area contributed by atoms with Gasteiger partial charge < -0.3 is 20.1 Å². The number of carbonyl (C=O) groups is 3. The molecule has 126 valence electrons. The summed E-state index contributed by atoms with van der Waals surface area (Å²) < 4.78 is 4.84. The number of carboxylic acid groups (broad SMARTS) is 1. The second kappa shape index (κ2) is 10.0. The molecule has 1 aliphatic rings. The van der Waals surface area contributed by atoms with Crippen molar-refractivity contribution in [3.05, 3.63) is 0 Å². The van der Waals surface area contributed by atoms with E-state index in [0.29, 0.717) is 39.1 Å². The third kappa shape index (κ3) is 6.78. The smallest absolute Gasteiger partial charge is 0.317 e. The maximum Gasteiger partial charge on any atom is 0.317 e. The summed E-state index contributed by atoms with van der Waals surface area (Å²) >= 11 is 0. The summed E-state index contributed by atoms with van der Waals surface area (Å²) in [4.78, 5) is 35.3. The lowest BCUT2D eigenvalue weighted by Gasteiger charge is -2.16. The normalized spacial score (nSPS) is 17.3. The number of amides is 2. The lowest BCUT2D eigenvalue weighted by atomic mass is 10.1. The Morgan fingerprint density at radius 1 is 1.23 bits per heavy atom. The van der Waals surface area contributed by atoms with Crippen molar-refractivity contribution in [2.24, 2.45) is 5.92 Å². The van der Waals surface area contributed by atoms with Crippen molar-refractivity contribution in [1.82, 2.24) is 10.2 Å². The number of aliphatic carboxylic acids is 1. The zero-order valence-corrected chi connectivity index (χ0v) is 13.2. The number of unbranched alkanes of at least 4 members (excludes halogenated alkanes) is 3. The summed E-state index contributed by atoms with van der Waals surface area (Å²) in [5.74, 6) is -1.43. The van der Waals surface area contributed by atoms with Gasteiger partial charge in [0, 0.05) is 26.1 Å². The number of esters is 1. The fraction of sp³-hybridized carbons (Fsp3) is 0.800. The minimum Gasteiger partial charge on any atom is -0.481 e. The highest BCUT2D eigenvalue weighted by Crippen LogP contribution is 2.16. The molecule has 1 aliphatic heterocycles. The quantitative estimate of drug-likeness (QED) is 0.498. The van der Waals surface area contributed by atoms with E-state index >= 15 is 0 Å². The van der Waals surface area contributed by atoms with Gasteiger partial charge in [-0.15, -0.1) is 0 Å². The van der Waals surface area contributed by atoms with Crippen LogP contribution < -0.4 is 5.32 Å². The predicted octanol–water partition coefficient (Wildman–Crippen LogP) is 1.62. The first kappa shape index (κ1) is 18.3. The molecular weight excluding hydrogens is 288 g/mol. The maximum absolute atomic E-state index is 11.8. The molecule has 2 amide bonds. The maximum atomic E-state index is 11.8. The van der Waals surface area contributed by atoms with E-state index < -0.39 is 11.9 Å². The van der Waals surface area contributed by atoms with Gasteiger partial charge in [0.05, 0.1) is 12.5 Å². The second-order valence-corrected chi connectivity index (χ2v) is 5.47. The average Bonchev–Trinajstić information content (AvgIpc) is 2.96. The Labute approximate surface area is 131 Å². The highest BCUT2D eigenvalue weighted by molar-refractivity contribution is 5.77. The standard InChI is InChI=1S/C15H26N2O5/c1-2-22-13(18)7-5-3-4-6-9-16-15(21)17-10-8-12(11-17)14(19)20/h12H,2-11H2,1H3,(H,16,21)(H,19,20). The van der Waals surface area contributed by atoms with Gasteiger partial charge in [-0.05, 0) is 26.2 Å². The number of carbonyl (C=O) groups excluding carboxylic acids is 2. The highest BCUT2D eigenvalue weighted by atomic mass is 16.5. The first-order valence-corrected chi connectivity index (χ1v) is 7.95. The number of hydrogen-bond acceptors (Lipinski definition) is 4. The Bertz CT molecular complexity index is 386. The molecule has 2 N–H and O–H groups in total. The third-order valence-electron chi connectivity index (χ3n) is 3.71. The number of likely N-dealkylation sites (tertiary alicyclic amines) is 1. The van der Waals surface area contributed by atoms with Gasteiger partial charge in [0.2, 0.25) is 0 Å². The molecule has 1 saturated heterocycles. The minimum absolute atomic E-state index is 0.155. The van der Waals surface area contributed by atoms with Crippen LogP contribution in [0.3, 0.4) is 0 Å². The van der Waals surface area contributed by atoms with Gasteiger partial charge in [-0.1, -0.05) is 12.8 Å². The van der Waals surface area contributed by atoms with Crippen LogP contribution in [0, 0.1) is 5.92 Å². The number of rotatable bonds is 9. The average molecular weight is 314 g/mol. The number of hydrogen-bond donors (Lipinski definition) is 2. The number of ether oxygens (including phenoxy) is 1. The molecule has 0 saturated carbocycles. The van der Waals surface area contributed by atoms with Crippen LogP contribution in [0.2, 0.25) is 0 Å². The molecule has 1 rings (SSSR count). The summed E-state index contributed by atoms with van der Waals surface area (Å²) in [6.07, 6.45) is 4.50. The van der Waals surface area contributed by atoms with Crippen molar-refractivity contribution in [1.29, 1.82) is 0 Å². The summed E-state index contributed by atoms with van der Waals surface area (Å²) in [5, 5.41) is 11.7. The molecule has 0 bridgehead atoms. The van der Waals surface area contributed by atoms with Crippen LogP contribution in [-0.4, -0.2) is 54.2 Å². The van der Waals surface area contributed by atoms with E-state index in [1.165, 1.54) is 0 Å². The van der Waals surface area contributed by atoms with E-state index in [4.69, 9.17) is 9.84 Å². The zero-order valence-electron chi connectivity index (χ0n) is 13.2. The predicted molar refractivity (Wildman–Crippen MR) is 80.4 cm³/mol. The number of nitrogens with zero attached hydrogens (tertiary/aromatic N) is 1. The van der Waals surface area contributed by atoms with Crippen molar-refractivity contribution in [3.63, 3.8) is 0 Å². The molecule has 1 atom stereocenters. The molecule has 0 aliphatic carbocycles. The number of nitrogens with one attached hydrogen (secondary N) is 1. The molecule has 0 aromatic carbocycles. The fourth-order valence-corrected chi connectivity index (χ4v) is 2.43. The first-order valence-electron chi connectivity index (χ1n) is 7.95. The van der Waals surface area contributed by atoms with Crippen LogP contribution in [0.1, 0.15) is 45.4 Å². The van der Waals surface area contributed by atoms with Gasteiger partial charge in [0.15, 0.2) is 0 Å². The van der Waals surface area contributed by atoms with Crippen LogP contribution in [-0.2, 0) is 14.3 Å². The largest absolute Gasteiger partial charge is 0.481 e. The molecule has 1 unspecified atom stereocenters. The van der Waals surface area contributed by atoms with Crippen LogP contribution in [0.4, 0.5) is 4.79 Å². The Balaban J connectivity index is 2.00. The summed E-state index contributed by atoms with van der Waals surface area (Å²) in [6, 6.07) is -0.185. The van der Waals surface area contributed by atoms with Crippen molar-refractivity contribution in [2.45, 2.75) is 45.4 Å². The first-order chi connectivity index (χ1) is 10.5.